The molecule has 0 radical (unpaired) electrons. The first-order valence-corrected chi connectivity index (χ1v) is 15.8. The summed E-state index contributed by atoms with van der Waals surface area (Å²) in [5.74, 6) is -0.369. The summed E-state index contributed by atoms with van der Waals surface area (Å²) in [4.78, 5) is 29.4. The van der Waals surface area contributed by atoms with E-state index in [9.17, 15) is 26.4 Å². The van der Waals surface area contributed by atoms with Crippen molar-refractivity contribution in [2.45, 2.75) is 43.2 Å². The first-order valence-electron chi connectivity index (χ1n) is 12.1. The van der Waals surface area contributed by atoms with Crippen LogP contribution in [0.1, 0.15) is 26.2 Å². The quantitative estimate of drug-likeness (QED) is 0.421. The standard InChI is InChI=1S/C24H31ClN4O6S2/c1-16(23(30)28(15-17-3-4-17)12-10-26-36(2,32)33)29-11-9-22(24(29)31)27-37(34,35)21-8-6-18-13-20(25)7-5-19(18)14-21/h5-8,13-14,16-17,22,26-27H,3-4,9-12,15H2,1-2H3. The minimum absolute atomic E-state index is 0.0340. The van der Waals surface area contributed by atoms with Crippen LogP contribution in [-0.4, -0.2) is 83.0 Å². The summed E-state index contributed by atoms with van der Waals surface area (Å²) in [6.07, 6.45) is 3.30. The average molecular weight is 571 g/mol. The Kier molecular flexibility index (Phi) is 8.15. The Morgan fingerprint density at radius 3 is 2.46 bits per heavy atom. The fourth-order valence-corrected chi connectivity index (χ4v) is 6.38. The largest absolute Gasteiger partial charge is 0.339 e. The number of hydrogen-bond donors (Lipinski definition) is 2. The lowest BCUT2D eigenvalue weighted by Crippen LogP contribution is -2.51. The fraction of sp³-hybridized carbons (Fsp3) is 0.500. The molecule has 37 heavy (non-hydrogen) atoms. The average Bonchev–Trinajstić information content (AvgIpc) is 3.58. The van der Waals surface area contributed by atoms with Crippen LogP contribution in [0.2, 0.25) is 5.02 Å². The van der Waals surface area contributed by atoms with Crippen LogP contribution < -0.4 is 9.44 Å². The van der Waals surface area contributed by atoms with Gasteiger partial charge in [-0.25, -0.2) is 21.6 Å². The maximum absolute atomic E-state index is 13.3. The van der Waals surface area contributed by atoms with E-state index in [0.29, 0.717) is 22.9 Å². The molecule has 4 rings (SSSR count). The van der Waals surface area contributed by atoms with Gasteiger partial charge in [-0.1, -0.05) is 23.7 Å². The number of rotatable bonds is 11. The van der Waals surface area contributed by atoms with E-state index in [-0.39, 0.29) is 36.9 Å². The molecule has 0 bridgehead atoms. The Labute approximate surface area is 222 Å². The predicted molar refractivity (Wildman–Crippen MR) is 141 cm³/mol. The molecule has 1 saturated carbocycles. The first-order chi connectivity index (χ1) is 17.3. The Hall–Kier alpha value is -2.25. The summed E-state index contributed by atoms with van der Waals surface area (Å²) in [7, 11) is -7.38. The van der Waals surface area contributed by atoms with Crippen LogP contribution in [0.15, 0.2) is 41.3 Å². The van der Waals surface area contributed by atoms with Gasteiger partial charge in [0.1, 0.15) is 12.1 Å². The van der Waals surface area contributed by atoms with Crippen molar-refractivity contribution in [3.63, 3.8) is 0 Å². The van der Waals surface area contributed by atoms with Crippen LogP contribution in [-0.2, 0) is 29.6 Å². The number of hydrogen-bond acceptors (Lipinski definition) is 6. The van der Waals surface area contributed by atoms with Crippen LogP contribution in [0.3, 0.4) is 0 Å². The van der Waals surface area contributed by atoms with Gasteiger partial charge >= 0.3 is 0 Å². The van der Waals surface area contributed by atoms with E-state index in [1.54, 1.807) is 36.1 Å². The second-order valence-corrected chi connectivity index (χ2v) is 13.7. The lowest BCUT2D eigenvalue weighted by molar-refractivity contribution is -0.143. The van der Waals surface area contributed by atoms with Crippen molar-refractivity contribution in [2.75, 3.05) is 32.4 Å². The highest BCUT2D eigenvalue weighted by molar-refractivity contribution is 7.89. The second kappa shape index (κ2) is 10.9. The molecule has 10 nitrogen and oxygen atoms in total. The van der Waals surface area contributed by atoms with Crippen molar-refractivity contribution in [3.8, 4) is 0 Å². The molecule has 2 aromatic carbocycles. The zero-order chi connectivity index (χ0) is 27.0. The van der Waals surface area contributed by atoms with Gasteiger partial charge in [0, 0.05) is 31.2 Å². The molecule has 0 aromatic heterocycles. The van der Waals surface area contributed by atoms with Crippen LogP contribution in [0.5, 0.6) is 0 Å². The van der Waals surface area contributed by atoms with Gasteiger partial charge in [-0.15, -0.1) is 0 Å². The SMILES string of the molecule is CC(C(=O)N(CCNS(C)(=O)=O)CC1CC1)N1CCC(NS(=O)(=O)c2ccc3cc(Cl)ccc3c2)C1=O. The van der Waals surface area contributed by atoms with E-state index in [1.165, 1.54) is 17.0 Å². The number of halogens is 1. The minimum atomic E-state index is -3.99. The molecule has 2 N–H and O–H groups in total. The number of carbonyl (C=O) groups excluding carboxylic acids is 2. The van der Waals surface area contributed by atoms with Crippen LogP contribution in [0.25, 0.3) is 10.8 Å². The van der Waals surface area contributed by atoms with Gasteiger partial charge in [-0.05, 0) is 67.1 Å². The lowest BCUT2D eigenvalue weighted by atomic mass is 10.1. The summed E-state index contributed by atoms with van der Waals surface area (Å²) in [5.41, 5.74) is 0. The second-order valence-electron chi connectivity index (χ2n) is 9.72. The van der Waals surface area contributed by atoms with Crippen molar-refractivity contribution in [3.05, 3.63) is 41.4 Å². The molecule has 0 spiro atoms. The molecule has 202 valence electrons. The number of nitrogens with one attached hydrogen (secondary N) is 2. The van der Waals surface area contributed by atoms with E-state index < -0.39 is 38.0 Å². The molecule has 2 amide bonds. The lowest BCUT2D eigenvalue weighted by Gasteiger charge is -2.31. The van der Waals surface area contributed by atoms with Gasteiger partial charge in [0.2, 0.25) is 31.9 Å². The molecule has 2 aliphatic rings. The van der Waals surface area contributed by atoms with Gasteiger partial charge in [0.05, 0.1) is 11.2 Å². The number of benzene rings is 2. The maximum atomic E-state index is 13.3. The van der Waals surface area contributed by atoms with E-state index in [4.69, 9.17) is 11.6 Å². The summed E-state index contributed by atoms with van der Waals surface area (Å²) >= 11 is 6.00. The van der Waals surface area contributed by atoms with E-state index in [0.717, 1.165) is 24.5 Å². The van der Waals surface area contributed by atoms with Crippen molar-refractivity contribution in [2.24, 2.45) is 5.92 Å². The number of carbonyl (C=O) groups is 2. The minimum Gasteiger partial charge on any atom is -0.339 e. The number of nitrogens with zero attached hydrogens (tertiary/aromatic N) is 2. The Bertz CT molecular complexity index is 1410. The van der Waals surface area contributed by atoms with Gasteiger partial charge in [0.15, 0.2) is 0 Å². The van der Waals surface area contributed by atoms with Crippen molar-refractivity contribution in [1.29, 1.82) is 0 Å². The summed E-state index contributed by atoms with van der Waals surface area (Å²) in [6.45, 7) is 2.62. The fourth-order valence-electron chi connectivity index (χ4n) is 4.48. The summed E-state index contributed by atoms with van der Waals surface area (Å²) < 4.78 is 53.8. The topological polar surface area (TPSA) is 133 Å². The number of sulfonamides is 2. The van der Waals surface area contributed by atoms with Gasteiger partial charge < -0.3 is 9.80 Å². The van der Waals surface area contributed by atoms with Crippen molar-refractivity contribution < 1.29 is 26.4 Å². The van der Waals surface area contributed by atoms with Gasteiger partial charge in [-0.3, -0.25) is 9.59 Å². The Morgan fingerprint density at radius 1 is 1.11 bits per heavy atom. The molecule has 13 heteroatoms. The zero-order valence-electron chi connectivity index (χ0n) is 20.7. The Morgan fingerprint density at radius 2 is 1.78 bits per heavy atom. The third-order valence-corrected chi connectivity index (χ3v) is 9.11. The monoisotopic (exact) mass is 570 g/mol. The van der Waals surface area contributed by atoms with Crippen LogP contribution >= 0.6 is 11.6 Å². The normalized spacial score (nSPS) is 19.4. The highest BCUT2D eigenvalue weighted by Gasteiger charge is 2.40. The van der Waals surface area contributed by atoms with Crippen LogP contribution in [0, 0.1) is 5.92 Å². The van der Waals surface area contributed by atoms with Crippen LogP contribution in [0.4, 0.5) is 0 Å². The predicted octanol–water partition coefficient (Wildman–Crippen LogP) is 1.55. The van der Waals surface area contributed by atoms with Gasteiger partial charge in [-0.2, -0.15) is 4.72 Å². The van der Waals surface area contributed by atoms with Crippen molar-refractivity contribution in [1.82, 2.24) is 19.2 Å². The smallest absolute Gasteiger partial charge is 0.245 e. The van der Waals surface area contributed by atoms with E-state index in [2.05, 4.69) is 9.44 Å². The maximum Gasteiger partial charge on any atom is 0.245 e. The van der Waals surface area contributed by atoms with Crippen molar-refractivity contribution >= 4 is 54.2 Å². The number of amides is 2. The molecule has 2 aromatic rings. The molecule has 2 fully saturated rings. The number of likely N-dealkylation sites (tertiary alicyclic amines) is 1. The molecule has 2 atom stereocenters. The van der Waals surface area contributed by atoms with E-state index >= 15 is 0 Å². The number of fused-ring (bicyclic) bond motifs is 1. The highest BCUT2D eigenvalue weighted by atomic mass is 35.5. The molecule has 1 aliphatic heterocycles. The Balaban J connectivity index is 1.42. The third-order valence-electron chi connectivity index (χ3n) is 6.68. The third kappa shape index (κ3) is 6.99. The first kappa shape index (κ1) is 27.8. The molecular formula is C24H31ClN4O6S2. The molecular weight excluding hydrogens is 540 g/mol. The molecule has 1 heterocycles. The molecule has 2 unspecified atom stereocenters. The summed E-state index contributed by atoms with van der Waals surface area (Å²) in [5, 5.41) is 2.04. The molecule has 1 saturated heterocycles. The van der Waals surface area contributed by atoms with E-state index in [1.807, 2.05) is 0 Å². The zero-order valence-corrected chi connectivity index (χ0v) is 23.1. The molecule has 1 aliphatic carbocycles. The van der Waals surface area contributed by atoms with Gasteiger partial charge in [0.25, 0.3) is 0 Å². The summed E-state index contributed by atoms with van der Waals surface area (Å²) in [6, 6.07) is 8.00. The highest BCUT2D eigenvalue weighted by Crippen LogP contribution is 2.30.